The number of hydrogen-bond donors (Lipinski definition) is 1. The van der Waals surface area contributed by atoms with Gasteiger partial charge in [0.1, 0.15) is 29.2 Å². The minimum absolute atomic E-state index is 0.102. The molecule has 1 amide bonds. The summed E-state index contributed by atoms with van der Waals surface area (Å²) in [5, 5.41) is 9.61. The van der Waals surface area contributed by atoms with Gasteiger partial charge in [-0.25, -0.2) is 4.79 Å². The monoisotopic (exact) mass is 438 g/mol. The van der Waals surface area contributed by atoms with Gasteiger partial charge in [-0.05, 0) is 42.3 Å². The molecule has 1 fully saturated rings. The average Bonchev–Trinajstić information content (AvgIpc) is 2.79. The zero-order chi connectivity index (χ0) is 22.0. The number of phenols is 1. The third kappa shape index (κ3) is 4.16. The standard InChI is InChI=1S/C23H22N2O5S/c1-14-13-31-22-19(24-11-16-5-3-4-6-18(16)26)21(27)25(22)20(14)23(28)30-12-15-7-9-17(29-2)10-8-15/h3-11,19,22,26H,12-13H2,1-2H3/t19-,22?/m1/s1. The summed E-state index contributed by atoms with van der Waals surface area (Å²) in [5.41, 5.74) is 2.48. The summed E-state index contributed by atoms with van der Waals surface area (Å²) in [6.07, 6.45) is 1.50. The van der Waals surface area contributed by atoms with Gasteiger partial charge in [0.2, 0.25) is 0 Å². The molecule has 0 saturated carbocycles. The van der Waals surface area contributed by atoms with E-state index in [0.29, 0.717) is 17.0 Å². The Kier molecular flexibility index (Phi) is 5.99. The first-order valence-electron chi connectivity index (χ1n) is 9.75. The number of β-lactam (4-membered cyclic amide) rings is 1. The highest BCUT2D eigenvalue weighted by Crippen LogP contribution is 2.42. The quantitative estimate of drug-likeness (QED) is 0.424. The van der Waals surface area contributed by atoms with Gasteiger partial charge in [-0.1, -0.05) is 24.3 Å². The van der Waals surface area contributed by atoms with Crippen LogP contribution in [-0.4, -0.2) is 52.4 Å². The van der Waals surface area contributed by atoms with Crippen molar-refractivity contribution in [2.45, 2.75) is 24.9 Å². The van der Waals surface area contributed by atoms with E-state index in [1.54, 1.807) is 55.3 Å². The minimum atomic E-state index is -0.595. The number of hydrogen-bond acceptors (Lipinski definition) is 7. The Balaban J connectivity index is 1.44. The number of thioether (sulfide) groups is 1. The van der Waals surface area contributed by atoms with E-state index in [9.17, 15) is 14.7 Å². The first-order valence-corrected chi connectivity index (χ1v) is 10.8. The van der Waals surface area contributed by atoms with Gasteiger partial charge in [0.05, 0.1) is 7.11 Å². The summed E-state index contributed by atoms with van der Waals surface area (Å²) < 4.78 is 10.6. The van der Waals surface area contributed by atoms with Gasteiger partial charge in [-0.2, -0.15) is 0 Å². The predicted molar refractivity (Wildman–Crippen MR) is 118 cm³/mol. The number of carbonyl (C=O) groups is 2. The molecule has 2 aromatic carbocycles. The first kappa shape index (κ1) is 21.0. The highest BCUT2D eigenvalue weighted by Gasteiger charge is 2.53. The fraction of sp³-hybridized carbons (Fsp3) is 0.261. The summed E-state index contributed by atoms with van der Waals surface area (Å²) in [7, 11) is 1.59. The van der Waals surface area contributed by atoms with Crippen molar-refractivity contribution in [3.8, 4) is 11.5 Å². The topological polar surface area (TPSA) is 88.4 Å². The van der Waals surface area contributed by atoms with E-state index in [1.165, 1.54) is 11.1 Å². The molecule has 1 unspecified atom stereocenters. The summed E-state index contributed by atoms with van der Waals surface area (Å²) in [6, 6.07) is 13.4. The minimum Gasteiger partial charge on any atom is -0.507 e. The van der Waals surface area contributed by atoms with Crippen molar-refractivity contribution in [3.63, 3.8) is 0 Å². The molecule has 1 saturated heterocycles. The number of nitrogens with zero attached hydrogens (tertiary/aromatic N) is 2. The lowest BCUT2D eigenvalue weighted by atomic mass is 10.0. The van der Waals surface area contributed by atoms with Crippen LogP contribution in [0, 0.1) is 0 Å². The van der Waals surface area contributed by atoms with Gasteiger partial charge < -0.3 is 14.6 Å². The number of aliphatic imine (C=N–C) groups is 1. The number of phenolic OH excluding ortho intramolecular Hbond substituents is 1. The maximum atomic E-state index is 12.8. The second kappa shape index (κ2) is 8.85. The van der Waals surface area contributed by atoms with Crippen molar-refractivity contribution < 1.29 is 24.2 Å². The molecule has 0 radical (unpaired) electrons. The van der Waals surface area contributed by atoms with E-state index >= 15 is 0 Å². The van der Waals surface area contributed by atoms with Crippen LogP contribution in [0.2, 0.25) is 0 Å². The number of carbonyl (C=O) groups excluding carboxylic acids is 2. The molecule has 160 valence electrons. The molecule has 0 bridgehead atoms. The fourth-order valence-corrected chi connectivity index (χ4v) is 4.73. The second-order valence-electron chi connectivity index (χ2n) is 7.24. The highest BCUT2D eigenvalue weighted by molar-refractivity contribution is 8.00. The predicted octanol–water partition coefficient (Wildman–Crippen LogP) is 3.12. The van der Waals surface area contributed by atoms with Crippen LogP contribution in [0.25, 0.3) is 0 Å². The number of esters is 1. The van der Waals surface area contributed by atoms with Crippen LogP contribution < -0.4 is 4.74 Å². The summed E-state index contributed by atoms with van der Waals surface area (Å²) in [4.78, 5) is 31.4. The molecular formula is C23H22N2O5S. The number of benzene rings is 2. The molecule has 0 spiro atoms. The van der Waals surface area contributed by atoms with Gasteiger partial charge in [0.15, 0.2) is 6.04 Å². The molecule has 2 aliphatic rings. The third-order valence-corrected chi connectivity index (χ3v) is 6.57. The van der Waals surface area contributed by atoms with Crippen LogP contribution in [0.1, 0.15) is 18.1 Å². The van der Waals surface area contributed by atoms with Gasteiger partial charge in [0.25, 0.3) is 5.91 Å². The normalized spacial score (nSPS) is 20.5. The Bertz CT molecular complexity index is 1060. The molecule has 2 aliphatic heterocycles. The van der Waals surface area contributed by atoms with Gasteiger partial charge in [0, 0.05) is 17.5 Å². The summed E-state index contributed by atoms with van der Waals surface area (Å²) in [6.45, 7) is 1.94. The zero-order valence-electron chi connectivity index (χ0n) is 17.1. The summed E-state index contributed by atoms with van der Waals surface area (Å²) in [5.74, 6) is 0.672. The Morgan fingerprint density at radius 3 is 2.71 bits per heavy atom. The van der Waals surface area contributed by atoms with E-state index < -0.39 is 12.0 Å². The number of rotatable bonds is 6. The van der Waals surface area contributed by atoms with Crippen molar-refractivity contribution in [1.82, 2.24) is 4.90 Å². The van der Waals surface area contributed by atoms with Crippen LogP contribution >= 0.6 is 11.8 Å². The van der Waals surface area contributed by atoms with Crippen LogP contribution in [0.4, 0.5) is 0 Å². The third-order valence-electron chi connectivity index (χ3n) is 5.16. The molecule has 0 aliphatic carbocycles. The molecule has 2 aromatic rings. The second-order valence-corrected chi connectivity index (χ2v) is 8.35. The molecular weight excluding hydrogens is 416 g/mol. The Labute approximate surface area is 184 Å². The highest BCUT2D eigenvalue weighted by atomic mass is 32.2. The SMILES string of the molecule is COc1ccc(COC(=O)C2=C(C)CSC3[C@H](N=Cc4ccccc4O)C(=O)N23)cc1. The molecule has 2 heterocycles. The maximum Gasteiger partial charge on any atom is 0.355 e. The Hall–Kier alpha value is -3.26. The largest absolute Gasteiger partial charge is 0.507 e. The van der Waals surface area contributed by atoms with E-state index in [2.05, 4.69) is 4.99 Å². The first-order chi connectivity index (χ1) is 15.0. The number of ether oxygens (including phenoxy) is 2. The van der Waals surface area contributed by atoms with Gasteiger partial charge >= 0.3 is 5.97 Å². The van der Waals surface area contributed by atoms with Crippen LogP contribution in [0.5, 0.6) is 11.5 Å². The molecule has 4 rings (SSSR count). The van der Waals surface area contributed by atoms with E-state index in [0.717, 1.165) is 16.9 Å². The van der Waals surface area contributed by atoms with Crippen LogP contribution in [0.3, 0.4) is 0 Å². The smallest absolute Gasteiger partial charge is 0.355 e. The van der Waals surface area contributed by atoms with E-state index in [1.807, 2.05) is 19.1 Å². The Morgan fingerprint density at radius 1 is 1.26 bits per heavy atom. The molecule has 0 aromatic heterocycles. The lowest BCUT2D eigenvalue weighted by Gasteiger charge is -2.47. The van der Waals surface area contributed by atoms with Crippen molar-refractivity contribution in [1.29, 1.82) is 0 Å². The molecule has 1 N–H and O–H groups in total. The fourth-order valence-electron chi connectivity index (χ4n) is 3.44. The number of fused-ring (bicyclic) bond motifs is 1. The zero-order valence-corrected chi connectivity index (χ0v) is 18.0. The lowest BCUT2D eigenvalue weighted by molar-refractivity contribution is -0.151. The van der Waals surface area contributed by atoms with E-state index in [4.69, 9.17) is 9.47 Å². The van der Waals surface area contributed by atoms with Crippen molar-refractivity contribution in [3.05, 3.63) is 70.9 Å². The number of methoxy groups -OCH3 is 1. The molecule has 7 nitrogen and oxygen atoms in total. The summed E-state index contributed by atoms with van der Waals surface area (Å²) >= 11 is 1.56. The van der Waals surface area contributed by atoms with Crippen molar-refractivity contribution in [2.75, 3.05) is 12.9 Å². The van der Waals surface area contributed by atoms with Crippen molar-refractivity contribution in [2.24, 2.45) is 4.99 Å². The number of para-hydroxylation sites is 1. The maximum absolute atomic E-state index is 12.8. The molecule has 2 atom stereocenters. The van der Waals surface area contributed by atoms with Crippen molar-refractivity contribution >= 4 is 29.9 Å². The van der Waals surface area contributed by atoms with Crippen LogP contribution in [0.15, 0.2) is 64.8 Å². The van der Waals surface area contributed by atoms with Crippen LogP contribution in [-0.2, 0) is 20.9 Å². The number of aromatic hydroxyl groups is 1. The van der Waals surface area contributed by atoms with E-state index in [-0.39, 0.29) is 23.6 Å². The lowest BCUT2D eigenvalue weighted by Crippen LogP contribution is -2.64. The number of amides is 1. The molecule has 8 heteroatoms. The van der Waals surface area contributed by atoms with Gasteiger partial charge in [-0.15, -0.1) is 11.8 Å². The van der Waals surface area contributed by atoms with Gasteiger partial charge in [-0.3, -0.25) is 14.7 Å². The molecule has 31 heavy (non-hydrogen) atoms. The Morgan fingerprint density at radius 2 is 2.00 bits per heavy atom. The average molecular weight is 439 g/mol.